The minimum Gasteiger partial charge on any atom is -0.490 e. The number of carbonyl (C=O) groups is 1. The summed E-state index contributed by atoms with van der Waals surface area (Å²) in [5.74, 6) is 1.28. The molecule has 2 heterocycles. The maximum absolute atomic E-state index is 12.4. The fourth-order valence-electron chi connectivity index (χ4n) is 2.63. The molecule has 0 radical (unpaired) electrons. The van der Waals surface area contributed by atoms with E-state index >= 15 is 0 Å². The Morgan fingerprint density at radius 1 is 1.46 bits per heavy atom. The summed E-state index contributed by atoms with van der Waals surface area (Å²) < 4.78 is 13.1. The predicted molar refractivity (Wildman–Crippen MR) is 90.9 cm³/mol. The fourth-order valence-corrected chi connectivity index (χ4v) is 2.63. The Kier molecular flexibility index (Phi) is 4.84. The van der Waals surface area contributed by atoms with E-state index in [0.717, 1.165) is 5.56 Å². The summed E-state index contributed by atoms with van der Waals surface area (Å²) in [5.41, 5.74) is 1.46. The van der Waals surface area contributed by atoms with Crippen molar-refractivity contribution in [2.45, 2.75) is 26.4 Å². The third-order valence-electron chi connectivity index (χ3n) is 3.70. The quantitative estimate of drug-likeness (QED) is 0.884. The van der Waals surface area contributed by atoms with E-state index in [1.54, 1.807) is 10.9 Å². The maximum Gasteiger partial charge on any atom is 0.250 e. The van der Waals surface area contributed by atoms with Crippen LogP contribution in [0.4, 0.5) is 0 Å². The highest BCUT2D eigenvalue weighted by Gasteiger charge is 2.21. The zero-order valence-corrected chi connectivity index (χ0v) is 13.9. The number of aromatic nitrogens is 2. The van der Waals surface area contributed by atoms with Crippen molar-refractivity contribution >= 4 is 12.0 Å². The lowest BCUT2D eigenvalue weighted by atomic mass is 10.1. The van der Waals surface area contributed by atoms with Crippen molar-refractivity contribution in [1.82, 2.24) is 15.1 Å². The van der Waals surface area contributed by atoms with Gasteiger partial charge in [-0.1, -0.05) is 12.1 Å². The van der Waals surface area contributed by atoms with Gasteiger partial charge in [-0.15, -0.1) is 0 Å². The molecule has 0 bridgehead atoms. The molecule has 1 aliphatic rings. The third-order valence-corrected chi connectivity index (χ3v) is 3.70. The Bertz CT molecular complexity index is 738. The van der Waals surface area contributed by atoms with Gasteiger partial charge in [-0.3, -0.25) is 9.48 Å². The Morgan fingerprint density at radius 3 is 3.08 bits per heavy atom. The van der Waals surface area contributed by atoms with Crippen LogP contribution < -0.4 is 14.8 Å². The third kappa shape index (κ3) is 3.59. The van der Waals surface area contributed by atoms with Crippen LogP contribution in [0.25, 0.3) is 6.08 Å². The van der Waals surface area contributed by atoms with Crippen molar-refractivity contribution in [1.29, 1.82) is 0 Å². The van der Waals surface area contributed by atoms with Crippen molar-refractivity contribution in [2.24, 2.45) is 0 Å². The number of hydrogen-bond donors (Lipinski definition) is 1. The van der Waals surface area contributed by atoms with Crippen LogP contribution in [0.15, 0.2) is 42.2 Å². The van der Waals surface area contributed by atoms with Gasteiger partial charge >= 0.3 is 0 Å². The summed E-state index contributed by atoms with van der Waals surface area (Å²) in [6, 6.07) is 7.50. The number of fused-ring (bicyclic) bond motifs is 1. The summed E-state index contributed by atoms with van der Waals surface area (Å²) in [6.45, 7) is 5.31. The molecule has 1 N–H and O–H groups in total. The Labute approximate surface area is 141 Å². The number of nitrogens with one attached hydrogen (secondary N) is 1. The van der Waals surface area contributed by atoms with Gasteiger partial charge < -0.3 is 14.8 Å². The van der Waals surface area contributed by atoms with Crippen molar-refractivity contribution in [3.05, 3.63) is 47.8 Å². The molecule has 0 fully saturated rings. The first kappa shape index (κ1) is 16.1. The number of nitrogens with zero attached hydrogens (tertiary/aromatic N) is 2. The van der Waals surface area contributed by atoms with E-state index in [1.807, 2.05) is 50.4 Å². The first-order valence-corrected chi connectivity index (χ1v) is 8.05. The second-order valence-electron chi connectivity index (χ2n) is 5.67. The molecule has 0 saturated carbocycles. The summed E-state index contributed by atoms with van der Waals surface area (Å²) >= 11 is 0. The van der Waals surface area contributed by atoms with E-state index in [-0.39, 0.29) is 18.6 Å². The molecule has 6 heteroatoms. The molecule has 0 aliphatic carbocycles. The summed E-state index contributed by atoms with van der Waals surface area (Å²) in [5, 5.41) is 7.12. The average Bonchev–Trinajstić information content (AvgIpc) is 3.07. The van der Waals surface area contributed by atoms with E-state index < -0.39 is 0 Å². The lowest BCUT2D eigenvalue weighted by Gasteiger charge is -2.21. The van der Waals surface area contributed by atoms with Crippen molar-refractivity contribution in [2.75, 3.05) is 13.2 Å². The highest BCUT2D eigenvalue weighted by Crippen LogP contribution is 2.35. The van der Waals surface area contributed by atoms with Crippen LogP contribution in [0.5, 0.6) is 11.5 Å². The normalized spacial score (nSPS) is 14.2. The number of rotatable bonds is 6. The predicted octanol–water partition coefficient (Wildman–Crippen LogP) is 2.26. The number of carbonyl (C=O) groups excluding carboxylic acids is 1. The molecule has 126 valence electrons. The topological polar surface area (TPSA) is 65.4 Å². The molecule has 1 atom stereocenters. The van der Waals surface area contributed by atoms with Gasteiger partial charge in [0.15, 0.2) is 11.5 Å². The van der Waals surface area contributed by atoms with E-state index in [0.29, 0.717) is 30.2 Å². The number of amides is 1. The first-order valence-electron chi connectivity index (χ1n) is 8.05. The van der Waals surface area contributed by atoms with Crippen LogP contribution in [-0.4, -0.2) is 34.9 Å². The minimum atomic E-state index is -0.123. The zero-order valence-electron chi connectivity index (χ0n) is 13.9. The molecular formula is C18H21N3O3. The van der Waals surface area contributed by atoms with E-state index in [2.05, 4.69) is 10.4 Å². The zero-order chi connectivity index (χ0) is 16.9. The number of para-hydroxylation sites is 1. The van der Waals surface area contributed by atoms with Crippen LogP contribution in [0, 0.1) is 0 Å². The first-order chi connectivity index (χ1) is 11.7. The van der Waals surface area contributed by atoms with E-state index in [9.17, 15) is 4.79 Å². The van der Waals surface area contributed by atoms with Crippen LogP contribution in [0.1, 0.15) is 19.4 Å². The molecule has 0 unspecified atom stereocenters. The Hall–Kier alpha value is -2.76. The molecule has 3 rings (SSSR count). The number of benzene rings is 1. The summed E-state index contributed by atoms with van der Waals surface area (Å²) in [7, 11) is 0. The largest absolute Gasteiger partial charge is 0.490 e. The molecule has 2 aromatic rings. The van der Waals surface area contributed by atoms with Gasteiger partial charge in [-0.05, 0) is 32.1 Å². The average molecular weight is 327 g/mol. The number of ether oxygens (including phenoxy) is 2. The molecule has 24 heavy (non-hydrogen) atoms. The second-order valence-corrected chi connectivity index (χ2v) is 5.67. The number of hydrogen-bond acceptors (Lipinski definition) is 4. The smallest absolute Gasteiger partial charge is 0.250 e. The summed E-state index contributed by atoms with van der Waals surface area (Å²) in [4.78, 5) is 12.4. The Balaban J connectivity index is 1.69. The highest BCUT2D eigenvalue weighted by molar-refractivity contribution is 5.99. The second kappa shape index (κ2) is 7.21. The van der Waals surface area contributed by atoms with Crippen molar-refractivity contribution in [3.8, 4) is 11.5 Å². The molecule has 1 aliphatic heterocycles. The summed E-state index contributed by atoms with van der Waals surface area (Å²) in [6.07, 6.45) is 5.45. The van der Waals surface area contributed by atoms with Crippen LogP contribution in [0.2, 0.25) is 0 Å². The van der Waals surface area contributed by atoms with Gasteiger partial charge in [0.05, 0.1) is 18.7 Å². The van der Waals surface area contributed by atoms with Gasteiger partial charge in [0.1, 0.15) is 6.61 Å². The SMILES string of the molecule is CCOc1cccc2c1OCC(C(=O)N[C@H](C)Cn1cccn1)=C2. The molecular weight excluding hydrogens is 306 g/mol. The fraction of sp³-hybridized carbons (Fsp3) is 0.333. The van der Waals surface area contributed by atoms with Crippen LogP contribution in [0.3, 0.4) is 0 Å². The highest BCUT2D eigenvalue weighted by atomic mass is 16.5. The molecule has 0 saturated heterocycles. The van der Waals surface area contributed by atoms with Crippen LogP contribution in [-0.2, 0) is 11.3 Å². The molecule has 0 spiro atoms. The van der Waals surface area contributed by atoms with Crippen molar-refractivity contribution < 1.29 is 14.3 Å². The molecule has 1 aromatic heterocycles. The van der Waals surface area contributed by atoms with Crippen LogP contribution >= 0.6 is 0 Å². The molecule has 6 nitrogen and oxygen atoms in total. The van der Waals surface area contributed by atoms with Gasteiger partial charge in [-0.25, -0.2) is 0 Å². The Morgan fingerprint density at radius 2 is 2.33 bits per heavy atom. The van der Waals surface area contributed by atoms with Crippen molar-refractivity contribution in [3.63, 3.8) is 0 Å². The van der Waals surface area contributed by atoms with Gasteiger partial charge in [0.2, 0.25) is 0 Å². The monoisotopic (exact) mass is 327 g/mol. The lowest BCUT2D eigenvalue weighted by Crippen LogP contribution is -2.38. The lowest BCUT2D eigenvalue weighted by molar-refractivity contribution is -0.118. The van der Waals surface area contributed by atoms with Gasteiger partial charge in [0.25, 0.3) is 5.91 Å². The molecule has 1 amide bonds. The molecule has 1 aromatic carbocycles. The standard InChI is InChI=1S/C18H21N3O3/c1-3-23-16-7-4-6-14-10-15(12-24-17(14)16)18(22)20-13(2)11-21-9-5-8-19-21/h4-10,13H,3,11-12H2,1-2H3,(H,20,22)/t13-/m1/s1. The van der Waals surface area contributed by atoms with E-state index in [4.69, 9.17) is 9.47 Å². The van der Waals surface area contributed by atoms with Gasteiger partial charge in [-0.2, -0.15) is 5.10 Å². The maximum atomic E-state index is 12.4. The van der Waals surface area contributed by atoms with E-state index in [1.165, 1.54) is 0 Å². The van der Waals surface area contributed by atoms with Gasteiger partial charge in [0, 0.05) is 24.0 Å². The minimum absolute atomic E-state index is 0.0329.